The fourth-order valence-corrected chi connectivity index (χ4v) is 2.85. The number of aliphatic imine (C=N–C) groups is 1. The van der Waals surface area contributed by atoms with Crippen LogP contribution in [-0.2, 0) is 16.0 Å². The molecule has 1 atom stereocenters. The van der Waals surface area contributed by atoms with Crippen LogP contribution in [0.3, 0.4) is 0 Å². The van der Waals surface area contributed by atoms with E-state index in [0.29, 0.717) is 18.6 Å². The first-order chi connectivity index (χ1) is 13.6. The third-order valence-electron chi connectivity index (χ3n) is 4.36. The molecule has 7 nitrogen and oxygen atoms in total. The number of aryl methyl sites for hydroxylation is 1. The van der Waals surface area contributed by atoms with Crippen molar-refractivity contribution in [2.75, 3.05) is 32.1 Å². The monoisotopic (exact) mass is 383 g/mol. The molecule has 0 saturated carbocycles. The minimum atomic E-state index is -0.765. The molecule has 0 spiro atoms. The number of carbonyl (C=O) groups excluding carboxylic acids is 1. The van der Waals surface area contributed by atoms with Crippen molar-refractivity contribution in [3.8, 4) is 5.75 Å². The smallest absolute Gasteiger partial charge is 0.305 e. The first-order valence-corrected chi connectivity index (χ1v) is 9.26. The van der Waals surface area contributed by atoms with Crippen LogP contribution in [0.1, 0.15) is 23.7 Å². The van der Waals surface area contributed by atoms with E-state index in [-0.39, 0.29) is 12.6 Å². The number of benzene rings is 2. The van der Waals surface area contributed by atoms with Crippen LogP contribution in [0.4, 0.5) is 5.69 Å². The first kappa shape index (κ1) is 19.7. The maximum atomic E-state index is 11.3. The van der Waals surface area contributed by atoms with Gasteiger partial charge in [0.25, 0.3) is 0 Å². The molecule has 1 aliphatic rings. The van der Waals surface area contributed by atoms with Gasteiger partial charge in [-0.3, -0.25) is 9.79 Å². The molecule has 7 heteroatoms. The van der Waals surface area contributed by atoms with Crippen molar-refractivity contribution in [3.63, 3.8) is 0 Å². The van der Waals surface area contributed by atoms with Gasteiger partial charge in [-0.1, -0.05) is 24.3 Å². The van der Waals surface area contributed by atoms with E-state index in [1.54, 1.807) is 0 Å². The Labute approximate surface area is 164 Å². The van der Waals surface area contributed by atoms with Gasteiger partial charge >= 0.3 is 5.97 Å². The average molecular weight is 383 g/mol. The summed E-state index contributed by atoms with van der Waals surface area (Å²) in [5.41, 5.74) is 2.59. The third-order valence-corrected chi connectivity index (χ3v) is 4.36. The minimum absolute atomic E-state index is 0.128. The molecule has 3 rings (SSSR count). The number of rotatable bonds is 8. The van der Waals surface area contributed by atoms with E-state index < -0.39 is 6.10 Å². The molecule has 0 fully saturated rings. The van der Waals surface area contributed by atoms with Crippen LogP contribution in [0, 0.1) is 0 Å². The fraction of sp³-hybridized carbons (Fsp3) is 0.333. The standard InChI is InChI=1S/C21H25N3O4/c1-27-20(26)9-8-15-4-2-7-18(12-15)28-14-19(25)16-5-3-6-17(13-16)24-21-22-10-11-23-21/h2-7,12-13,19,25H,8-11,14H2,1H3,(H2,22,23,24). The minimum Gasteiger partial charge on any atom is -0.491 e. The molecule has 0 amide bonds. The van der Waals surface area contributed by atoms with Crippen molar-refractivity contribution in [2.24, 2.45) is 4.99 Å². The Morgan fingerprint density at radius 2 is 2.14 bits per heavy atom. The van der Waals surface area contributed by atoms with E-state index in [9.17, 15) is 9.90 Å². The molecule has 1 aliphatic heterocycles. The number of nitrogens with zero attached hydrogens (tertiary/aromatic N) is 1. The number of guanidine groups is 1. The summed E-state index contributed by atoms with van der Waals surface area (Å²) in [7, 11) is 1.38. The third kappa shape index (κ3) is 5.72. The number of aliphatic hydroxyl groups is 1. The number of nitrogens with one attached hydrogen (secondary N) is 2. The summed E-state index contributed by atoms with van der Waals surface area (Å²) in [4.78, 5) is 15.6. The second-order valence-corrected chi connectivity index (χ2v) is 6.46. The van der Waals surface area contributed by atoms with Gasteiger partial charge in [-0.05, 0) is 41.8 Å². The Morgan fingerprint density at radius 3 is 2.93 bits per heavy atom. The van der Waals surface area contributed by atoms with Gasteiger partial charge in [0.05, 0.1) is 13.7 Å². The molecule has 0 aromatic heterocycles. The van der Waals surface area contributed by atoms with Crippen LogP contribution < -0.4 is 15.4 Å². The SMILES string of the molecule is COC(=O)CCc1cccc(OCC(O)c2cccc(NC3=NCCN3)c2)c1. The molecule has 0 bridgehead atoms. The van der Waals surface area contributed by atoms with Gasteiger partial charge in [0.1, 0.15) is 18.5 Å². The summed E-state index contributed by atoms with van der Waals surface area (Å²) in [5.74, 6) is 1.15. The summed E-state index contributed by atoms with van der Waals surface area (Å²) < 4.78 is 10.4. The largest absolute Gasteiger partial charge is 0.491 e. The summed E-state index contributed by atoms with van der Waals surface area (Å²) in [6, 6.07) is 15.0. The van der Waals surface area contributed by atoms with Crippen molar-refractivity contribution >= 4 is 17.6 Å². The Morgan fingerprint density at radius 1 is 1.29 bits per heavy atom. The predicted molar refractivity (Wildman–Crippen MR) is 108 cm³/mol. The summed E-state index contributed by atoms with van der Waals surface area (Å²) in [5, 5.41) is 16.8. The highest BCUT2D eigenvalue weighted by molar-refractivity contribution is 5.94. The maximum Gasteiger partial charge on any atom is 0.305 e. The van der Waals surface area contributed by atoms with E-state index in [1.165, 1.54) is 7.11 Å². The predicted octanol–water partition coefficient (Wildman–Crippen LogP) is 2.28. The molecule has 1 unspecified atom stereocenters. The first-order valence-electron chi connectivity index (χ1n) is 9.26. The molecule has 148 valence electrons. The molecular formula is C21H25N3O4. The van der Waals surface area contributed by atoms with Gasteiger partial charge < -0.3 is 25.2 Å². The van der Waals surface area contributed by atoms with Crippen LogP contribution in [0.15, 0.2) is 53.5 Å². The lowest BCUT2D eigenvalue weighted by atomic mass is 10.1. The molecule has 0 aliphatic carbocycles. The van der Waals surface area contributed by atoms with Gasteiger partial charge in [-0.2, -0.15) is 0 Å². The Bertz CT molecular complexity index is 838. The lowest BCUT2D eigenvalue weighted by Gasteiger charge is -2.15. The summed E-state index contributed by atoms with van der Waals surface area (Å²) in [6.45, 7) is 1.72. The summed E-state index contributed by atoms with van der Waals surface area (Å²) >= 11 is 0. The van der Waals surface area contributed by atoms with Crippen molar-refractivity contribution < 1.29 is 19.4 Å². The number of hydrogen-bond acceptors (Lipinski definition) is 7. The molecule has 28 heavy (non-hydrogen) atoms. The topological polar surface area (TPSA) is 92.2 Å². The van der Waals surface area contributed by atoms with Crippen LogP contribution in [0.2, 0.25) is 0 Å². The molecule has 2 aromatic rings. The quantitative estimate of drug-likeness (QED) is 0.606. The van der Waals surface area contributed by atoms with Gasteiger partial charge in [0.15, 0.2) is 5.96 Å². The second kappa shape index (κ2) is 9.75. The van der Waals surface area contributed by atoms with Crippen molar-refractivity contribution in [1.82, 2.24) is 5.32 Å². The van der Waals surface area contributed by atoms with E-state index in [2.05, 4.69) is 20.4 Å². The molecule has 1 heterocycles. The Kier molecular flexibility index (Phi) is 6.86. The number of esters is 1. The van der Waals surface area contributed by atoms with E-state index in [0.717, 1.165) is 35.9 Å². The van der Waals surface area contributed by atoms with Crippen molar-refractivity contribution in [3.05, 3.63) is 59.7 Å². The lowest BCUT2D eigenvalue weighted by molar-refractivity contribution is -0.140. The van der Waals surface area contributed by atoms with Crippen LogP contribution in [0.25, 0.3) is 0 Å². The van der Waals surface area contributed by atoms with Crippen LogP contribution in [-0.4, -0.2) is 43.8 Å². The zero-order valence-corrected chi connectivity index (χ0v) is 15.9. The lowest BCUT2D eigenvalue weighted by Crippen LogP contribution is -2.26. The van der Waals surface area contributed by atoms with Crippen molar-refractivity contribution in [2.45, 2.75) is 18.9 Å². The average Bonchev–Trinajstić information content (AvgIpc) is 3.23. The van der Waals surface area contributed by atoms with Gasteiger partial charge in [0.2, 0.25) is 0 Å². The normalized spacial score (nSPS) is 14.0. The highest BCUT2D eigenvalue weighted by atomic mass is 16.5. The summed E-state index contributed by atoms with van der Waals surface area (Å²) in [6.07, 6.45) is 0.138. The molecule has 0 saturated heterocycles. The van der Waals surface area contributed by atoms with E-state index in [1.807, 2.05) is 48.5 Å². The molecule has 0 radical (unpaired) electrons. The highest BCUT2D eigenvalue weighted by Gasteiger charge is 2.11. The highest BCUT2D eigenvalue weighted by Crippen LogP contribution is 2.21. The number of hydrogen-bond donors (Lipinski definition) is 3. The van der Waals surface area contributed by atoms with Gasteiger partial charge in [-0.25, -0.2) is 0 Å². The number of anilines is 1. The van der Waals surface area contributed by atoms with E-state index >= 15 is 0 Å². The number of methoxy groups -OCH3 is 1. The molecular weight excluding hydrogens is 358 g/mol. The van der Waals surface area contributed by atoms with Gasteiger partial charge in [0, 0.05) is 18.7 Å². The van der Waals surface area contributed by atoms with Crippen LogP contribution in [0.5, 0.6) is 5.75 Å². The van der Waals surface area contributed by atoms with Crippen molar-refractivity contribution in [1.29, 1.82) is 0 Å². The van der Waals surface area contributed by atoms with Gasteiger partial charge in [-0.15, -0.1) is 0 Å². The zero-order valence-electron chi connectivity index (χ0n) is 15.9. The maximum absolute atomic E-state index is 11.3. The second-order valence-electron chi connectivity index (χ2n) is 6.46. The molecule has 3 N–H and O–H groups in total. The zero-order chi connectivity index (χ0) is 19.8. The van der Waals surface area contributed by atoms with Crippen LogP contribution >= 0.6 is 0 Å². The van der Waals surface area contributed by atoms with E-state index in [4.69, 9.17) is 4.74 Å². The Hall–Kier alpha value is -3.06. The molecule has 2 aromatic carbocycles. The number of aliphatic hydroxyl groups excluding tert-OH is 1. The Balaban J connectivity index is 1.55. The fourth-order valence-electron chi connectivity index (χ4n) is 2.85. The number of ether oxygens (including phenoxy) is 2. The number of carbonyl (C=O) groups is 1.